The molecule has 0 spiro atoms. The molecule has 0 saturated carbocycles. The van der Waals surface area contributed by atoms with Crippen LogP contribution in [0.2, 0.25) is 0 Å². The van der Waals surface area contributed by atoms with Crippen LogP contribution in [0.4, 0.5) is 15.8 Å². The smallest absolute Gasteiger partial charge is 0.305 e. The second-order valence-corrected chi connectivity index (χ2v) is 4.73. The molecule has 20 heavy (non-hydrogen) atoms. The molecular formula is C12H14BrFN2O4. The number of benzene rings is 1. The van der Waals surface area contributed by atoms with Crippen LogP contribution in [-0.4, -0.2) is 24.0 Å². The highest BCUT2D eigenvalue weighted by Gasteiger charge is 2.17. The number of rotatable bonds is 7. The predicted molar refractivity (Wildman–Crippen MR) is 75.1 cm³/mol. The normalized spacial score (nSPS) is 10.2. The molecule has 110 valence electrons. The molecule has 1 aromatic rings. The fourth-order valence-electron chi connectivity index (χ4n) is 1.52. The average molecular weight is 349 g/mol. The Labute approximate surface area is 123 Å². The Morgan fingerprint density at radius 2 is 2.25 bits per heavy atom. The molecule has 6 nitrogen and oxygen atoms in total. The van der Waals surface area contributed by atoms with Crippen LogP contribution in [0.25, 0.3) is 0 Å². The van der Waals surface area contributed by atoms with Gasteiger partial charge in [-0.25, -0.2) is 4.39 Å². The quantitative estimate of drug-likeness (QED) is 0.354. The van der Waals surface area contributed by atoms with E-state index in [-0.39, 0.29) is 28.2 Å². The number of anilines is 1. The zero-order valence-corrected chi connectivity index (χ0v) is 12.4. The number of carbonyl (C=O) groups excluding carboxylic acids is 1. The number of ether oxygens (including phenoxy) is 1. The maximum absolute atomic E-state index is 13.4. The highest BCUT2D eigenvalue weighted by atomic mass is 79.9. The number of hydrogen-bond donors (Lipinski definition) is 1. The van der Waals surface area contributed by atoms with Gasteiger partial charge in [-0.05, 0) is 29.3 Å². The van der Waals surface area contributed by atoms with Crippen molar-refractivity contribution in [3.8, 4) is 0 Å². The fraction of sp³-hybridized carbons (Fsp3) is 0.417. The molecule has 0 unspecified atom stereocenters. The lowest BCUT2D eigenvalue weighted by Gasteiger charge is -2.08. The van der Waals surface area contributed by atoms with Crippen molar-refractivity contribution in [1.29, 1.82) is 0 Å². The molecule has 0 heterocycles. The Morgan fingerprint density at radius 3 is 2.85 bits per heavy atom. The zero-order valence-electron chi connectivity index (χ0n) is 10.8. The third-order valence-electron chi connectivity index (χ3n) is 2.41. The lowest BCUT2D eigenvalue weighted by molar-refractivity contribution is -0.384. The molecule has 0 aliphatic heterocycles. The van der Waals surface area contributed by atoms with E-state index in [1.54, 1.807) is 6.92 Å². The van der Waals surface area contributed by atoms with E-state index in [1.165, 1.54) is 0 Å². The summed E-state index contributed by atoms with van der Waals surface area (Å²) < 4.78 is 18.2. The minimum atomic E-state index is -0.599. The second-order valence-electron chi connectivity index (χ2n) is 3.88. The number of hydrogen-bond acceptors (Lipinski definition) is 5. The van der Waals surface area contributed by atoms with Crippen LogP contribution in [0.1, 0.15) is 19.8 Å². The SMILES string of the molecule is CCOC(=O)CCCNc1cc(F)c(Br)cc1[N+](=O)[O-]. The van der Waals surface area contributed by atoms with E-state index in [9.17, 15) is 19.3 Å². The molecule has 0 radical (unpaired) electrons. The van der Waals surface area contributed by atoms with Crippen molar-refractivity contribution < 1.29 is 18.8 Å². The van der Waals surface area contributed by atoms with Crippen molar-refractivity contribution in [3.63, 3.8) is 0 Å². The van der Waals surface area contributed by atoms with Gasteiger partial charge in [-0.15, -0.1) is 0 Å². The van der Waals surface area contributed by atoms with Gasteiger partial charge < -0.3 is 10.1 Å². The third kappa shape index (κ3) is 4.76. The molecule has 0 atom stereocenters. The monoisotopic (exact) mass is 348 g/mol. The van der Waals surface area contributed by atoms with Gasteiger partial charge in [0, 0.05) is 25.1 Å². The molecular weight excluding hydrogens is 335 g/mol. The molecule has 0 fully saturated rings. The average Bonchev–Trinajstić information content (AvgIpc) is 2.38. The number of esters is 1. The molecule has 0 bridgehead atoms. The van der Waals surface area contributed by atoms with Crippen molar-refractivity contribution in [2.45, 2.75) is 19.8 Å². The number of nitrogens with one attached hydrogen (secondary N) is 1. The van der Waals surface area contributed by atoms with Crippen molar-refractivity contribution in [3.05, 3.63) is 32.5 Å². The summed E-state index contributed by atoms with van der Waals surface area (Å²) in [6, 6.07) is 2.15. The van der Waals surface area contributed by atoms with Crippen molar-refractivity contribution in [2.75, 3.05) is 18.5 Å². The highest BCUT2D eigenvalue weighted by Crippen LogP contribution is 2.30. The zero-order chi connectivity index (χ0) is 15.1. The van der Waals surface area contributed by atoms with Crippen molar-refractivity contribution in [1.82, 2.24) is 0 Å². The number of nitro benzene ring substituents is 1. The van der Waals surface area contributed by atoms with E-state index in [1.807, 2.05) is 0 Å². The van der Waals surface area contributed by atoms with Gasteiger partial charge >= 0.3 is 5.97 Å². The molecule has 1 N–H and O–H groups in total. The second kappa shape index (κ2) is 7.78. The Morgan fingerprint density at radius 1 is 1.55 bits per heavy atom. The van der Waals surface area contributed by atoms with E-state index in [0.717, 1.165) is 12.1 Å². The summed E-state index contributed by atoms with van der Waals surface area (Å²) in [4.78, 5) is 21.4. The van der Waals surface area contributed by atoms with Crippen LogP contribution in [0, 0.1) is 15.9 Å². The first kappa shape index (κ1) is 16.4. The predicted octanol–water partition coefficient (Wildman–Crippen LogP) is 3.25. The standard InChI is InChI=1S/C12H14BrFN2O4/c1-2-20-12(17)4-3-5-15-10-7-9(14)8(13)6-11(10)16(18)19/h6-7,15H,2-5H2,1H3. The topological polar surface area (TPSA) is 81.5 Å². The first-order valence-electron chi connectivity index (χ1n) is 5.98. The Balaban J connectivity index is 2.61. The van der Waals surface area contributed by atoms with Crippen molar-refractivity contribution in [2.24, 2.45) is 0 Å². The first-order chi connectivity index (χ1) is 9.45. The molecule has 1 rings (SSSR count). The van der Waals surface area contributed by atoms with Gasteiger partial charge in [0.1, 0.15) is 11.5 Å². The van der Waals surface area contributed by atoms with Crippen LogP contribution in [0.3, 0.4) is 0 Å². The Bertz CT molecular complexity index is 510. The van der Waals surface area contributed by atoms with Crippen LogP contribution in [-0.2, 0) is 9.53 Å². The largest absolute Gasteiger partial charge is 0.466 e. The third-order valence-corrected chi connectivity index (χ3v) is 3.02. The fourth-order valence-corrected chi connectivity index (χ4v) is 1.85. The Hall–Kier alpha value is -1.70. The molecule has 8 heteroatoms. The van der Waals surface area contributed by atoms with E-state index < -0.39 is 10.7 Å². The lowest BCUT2D eigenvalue weighted by atomic mass is 10.2. The maximum Gasteiger partial charge on any atom is 0.305 e. The van der Waals surface area contributed by atoms with E-state index in [4.69, 9.17) is 4.74 Å². The van der Waals surface area contributed by atoms with Gasteiger partial charge in [0.05, 0.1) is 16.0 Å². The van der Waals surface area contributed by atoms with Gasteiger partial charge in [-0.3, -0.25) is 14.9 Å². The van der Waals surface area contributed by atoms with Crippen LogP contribution in [0.15, 0.2) is 16.6 Å². The lowest BCUT2D eigenvalue weighted by Crippen LogP contribution is -2.09. The summed E-state index contributed by atoms with van der Waals surface area (Å²) in [5, 5.41) is 13.6. The summed E-state index contributed by atoms with van der Waals surface area (Å²) in [6.07, 6.45) is 0.640. The van der Waals surface area contributed by atoms with Crippen molar-refractivity contribution >= 4 is 33.3 Å². The van der Waals surface area contributed by atoms with Crippen LogP contribution < -0.4 is 5.32 Å². The van der Waals surface area contributed by atoms with E-state index in [0.29, 0.717) is 19.6 Å². The summed E-state index contributed by atoms with van der Waals surface area (Å²) in [6.45, 7) is 2.33. The number of nitrogens with zero attached hydrogens (tertiary/aromatic N) is 1. The molecule has 1 aromatic carbocycles. The molecule has 0 aliphatic rings. The first-order valence-corrected chi connectivity index (χ1v) is 6.78. The van der Waals surface area contributed by atoms with Crippen LogP contribution >= 0.6 is 15.9 Å². The molecule has 0 aliphatic carbocycles. The van der Waals surface area contributed by atoms with Gasteiger partial charge in [-0.1, -0.05) is 0 Å². The summed E-state index contributed by atoms with van der Waals surface area (Å²) in [5.74, 6) is -0.922. The molecule has 0 saturated heterocycles. The van der Waals surface area contributed by atoms with Crippen LogP contribution in [0.5, 0.6) is 0 Å². The van der Waals surface area contributed by atoms with Gasteiger partial charge in [0.25, 0.3) is 5.69 Å². The summed E-state index contributed by atoms with van der Waals surface area (Å²) in [5.41, 5.74) is -0.144. The molecule has 0 amide bonds. The number of halogens is 2. The molecule has 0 aromatic heterocycles. The summed E-state index contributed by atoms with van der Waals surface area (Å²) in [7, 11) is 0. The minimum absolute atomic E-state index is 0.0290. The highest BCUT2D eigenvalue weighted by molar-refractivity contribution is 9.10. The van der Waals surface area contributed by atoms with E-state index in [2.05, 4.69) is 21.2 Å². The van der Waals surface area contributed by atoms with E-state index >= 15 is 0 Å². The minimum Gasteiger partial charge on any atom is -0.466 e. The Kier molecular flexibility index (Phi) is 6.37. The van der Waals surface area contributed by atoms with Gasteiger partial charge in [0.15, 0.2) is 0 Å². The summed E-state index contributed by atoms with van der Waals surface area (Å²) >= 11 is 2.90. The van der Waals surface area contributed by atoms with Gasteiger partial charge in [-0.2, -0.15) is 0 Å². The number of nitro groups is 1. The number of carbonyl (C=O) groups is 1. The van der Waals surface area contributed by atoms with Gasteiger partial charge in [0.2, 0.25) is 0 Å². The maximum atomic E-state index is 13.4.